The molecule has 0 saturated carbocycles. The van der Waals surface area contributed by atoms with Crippen molar-refractivity contribution in [1.82, 2.24) is 4.90 Å². The normalized spacial score (nSPS) is 12.8. The molecule has 4 rings (SSSR count). The Balaban J connectivity index is 1.44. The van der Waals surface area contributed by atoms with Crippen molar-refractivity contribution in [2.75, 3.05) is 18.0 Å². The molecule has 162 valence electrons. The van der Waals surface area contributed by atoms with Gasteiger partial charge in [0, 0.05) is 34.4 Å². The van der Waals surface area contributed by atoms with E-state index in [1.807, 2.05) is 0 Å². The number of amides is 3. The molecule has 7 heteroatoms. The predicted octanol–water partition coefficient (Wildman–Crippen LogP) is 5.72. The summed E-state index contributed by atoms with van der Waals surface area (Å²) in [6, 6.07) is 20.7. The number of halogens is 2. The lowest BCUT2D eigenvalue weighted by molar-refractivity contribution is 0.0651. The Bertz CT molecular complexity index is 1140. The minimum atomic E-state index is -0.268. The van der Waals surface area contributed by atoms with Gasteiger partial charge in [-0.1, -0.05) is 41.4 Å². The standard InChI is InChI=1S/C25H20Cl2N2O3/c26-18-10-12-20(13-11-18)28(23(30)17-6-5-7-19(27)16-17)14-3-4-15-29-24(31)21-8-1-2-9-22(21)25(29)32/h1-2,5-13,16H,3-4,14-15H2. The van der Waals surface area contributed by atoms with Gasteiger partial charge in [0.1, 0.15) is 0 Å². The smallest absolute Gasteiger partial charge is 0.261 e. The summed E-state index contributed by atoms with van der Waals surface area (Å²) in [4.78, 5) is 41.2. The first-order valence-electron chi connectivity index (χ1n) is 10.2. The van der Waals surface area contributed by atoms with Crippen LogP contribution in [0.5, 0.6) is 0 Å². The molecule has 0 spiro atoms. The molecule has 0 aromatic heterocycles. The maximum absolute atomic E-state index is 13.2. The molecule has 0 radical (unpaired) electrons. The van der Waals surface area contributed by atoms with Crippen LogP contribution < -0.4 is 4.90 Å². The van der Waals surface area contributed by atoms with Gasteiger partial charge >= 0.3 is 0 Å². The van der Waals surface area contributed by atoms with Gasteiger partial charge in [0.05, 0.1) is 11.1 Å². The highest BCUT2D eigenvalue weighted by Crippen LogP contribution is 2.24. The van der Waals surface area contributed by atoms with Gasteiger partial charge in [0.15, 0.2) is 0 Å². The Morgan fingerprint density at radius 3 is 2.06 bits per heavy atom. The van der Waals surface area contributed by atoms with E-state index in [2.05, 4.69) is 0 Å². The molecule has 3 aromatic carbocycles. The molecule has 1 aliphatic heterocycles. The van der Waals surface area contributed by atoms with Crippen molar-refractivity contribution in [3.8, 4) is 0 Å². The van der Waals surface area contributed by atoms with Crippen LogP contribution in [0.15, 0.2) is 72.8 Å². The van der Waals surface area contributed by atoms with Gasteiger partial charge in [-0.3, -0.25) is 19.3 Å². The summed E-state index contributed by atoms with van der Waals surface area (Å²) in [5, 5.41) is 1.06. The zero-order valence-corrected chi connectivity index (χ0v) is 18.6. The summed E-state index contributed by atoms with van der Waals surface area (Å²) in [7, 11) is 0. The maximum atomic E-state index is 13.2. The average molecular weight is 467 g/mol. The molecule has 0 bridgehead atoms. The van der Waals surface area contributed by atoms with Crippen LogP contribution >= 0.6 is 23.2 Å². The van der Waals surface area contributed by atoms with Gasteiger partial charge in [-0.15, -0.1) is 0 Å². The Labute approximate surface area is 196 Å². The van der Waals surface area contributed by atoms with E-state index in [1.165, 1.54) is 4.90 Å². The summed E-state index contributed by atoms with van der Waals surface area (Å²) < 4.78 is 0. The Hall–Kier alpha value is -3.15. The van der Waals surface area contributed by atoms with Crippen molar-refractivity contribution in [3.05, 3.63) is 99.5 Å². The Morgan fingerprint density at radius 1 is 0.781 bits per heavy atom. The summed E-state index contributed by atoms with van der Waals surface area (Å²) in [6.45, 7) is 0.711. The van der Waals surface area contributed by atoms with Crippen molar-refractivity contribution in [2.45, 2.75) is 12.8 Å². The minimum absolute atomic E-state index is 0.185. The predicted molar refractivity (Wildman–Crippen MR) is 126 cm³/mol. The molecule has 0 aliphatic carbocycles. The lowest BCUT2D eigenvalue weighted by Crippen LogP contribution is -2.34. The molecule has 1 aliphatic rings. The fraction of sp³-hybridized carbons (Fsp3) is 0.160. The topological polar surface area (TPSA) is 57.7 Å². The Kier molecular flexibility index (Phi) is 6.58. The van der Waals surface area contributed by atoms with Gasteiger partial charge in [0.2, 0.25) is 0 Å². The first kappa shape index (κ1) is 22.1. The number of imide groups is 1. The molecule has 0 N–H and O–H groups in total. The van der Waals surface area contributed by atoms with Gasteiger partial charge in [-0.05, 0) is 67.4 Å². The molecular formula is C25H20Cl2N2O3. The highest BCUT2D eigenvalue weighted by Gasteiger charge is 2.34. The second-order valence-electron chi connectivity index (χ2n) is 7.46. The van der Waals surface area contributed by atoms with E-state index in [0.717, 1.165) is 0 Å². The van der Waals surface area contributed by atoms with Crippen LogP contribution in [0.4, 0.5) is 5.69 Å². The molecule has 1 heterocycles. The SMILES string of the molecule is O=C1c2ccccc2C(=O)N1CCCCN(C(=O)c1cccc(Cl)c1)c1ccc(Cl)cc1. The van der Waals surface area contributed by atoms with E-state index in [1.54, 1.807) is 77.7 Å². The summed E-state index contributed by atoms with van der Waals surface area (Å²) in [5.74, 6) is -0.721. The van der Waals surface area contributed by atoms with Crippen LogP contribution in [-0.4, -0.2) is 35.7 Å². The number of benzene rings is 3. The zero-order chi connectivity index (χ0) is 22.7. The van der Waals surface area contributed by atoms with Crippen LogP contribution in [0, 0.1) is 0 Å². The van der Waals surface area contributed by atoms with Gasteiger partial charge in [0.25, 0.3) is 17.7 Å². The quantitative estimate of drug-likeness (QED) is 0.330. The van der Waals surface area contributed by atoms with Crippen molar-refractivity contribution < 1.29 is 14.4 Å². The number of fused-ring (bicyclic) bond motifs is 1. The fourth-order valence-electron chi connectivity index (χ4n) is 3.73. The van der Waals surface area contributed by atoms with Crippen molar-refractivity contribution in [1.29, 1.82) is 0 Å². The third-order valence-electron chi connectivity index (χ3n) is 5.35. The number of hydrogen-bond donors (Lipinski definition) is 0. The van der Waals surface area contributed by atoms with E-state index < -0.39 is 0 Å². The van der Waals surface area contributed by atoms with Crippen molar-refractivity contribution in [3.63, 3.8) is 0 Å². The molecule has 0 fully saturated rings. The number of nitrogens with zero attached hydrogens (tertiary/aromatic N) is 2. The fourth-order valence-corrected chi connectivity index (χ4v) is 4.04. The van der Waals surface area contributed by atoms with E-state index in [-0.39, 0.29) is 17.7 Å². The highest BCUT2D eigenvalue weighted by atomic mass is 35.5. The lowest BCUT2D eigenvalue weighted by atomic mass is 10.1. The van der Waals surface area contributed by atoms with Crippen LogP contribution in [0.2, 0.25) is 10.0 Å². The molecule has 3 aromatic rings. The largest absolute Gasteiger partial charge is 0.308 e. The minimum Gasteiger partial charge on any atom is -0.308 e. The highest BCUT2D eigenvalue weighted by molar-refractivity contribution is 6.31. The molecule has 32 heavy (non-hydrogen) atoms. The summed E-state index contributed by atoms with van der Waals surface area (Å²) in [5.41, 5.74) is 2.07. The lowest BCUT2D eigenvalue weighted by Gasteiger charge is -2.24. The van der Waals surface area contributed by atoms with Crippen molar-refractivity contribution >= 4 is 46.6 Å². The molecule has 5 nitrogen and oxygen atoms in total. The summed E-state index contributed by atoms with van der Waals surface area (Å²) >= 11 is 12.1. The number of rotatable bonds is 7. The molecule has 0 saturated heterocycles. The average Bonchev–Trinajstić information content (AvgIpc) is 3.04. The maximum Gasteiger partial charge on any atom is 0.261 e. The van der Waals surface area contributed by atoms with E-state index in [0.29, 0.717) is 58.4 Å². The monoisotopic (exact) mass is 466 g/mol. The number of carbonyl (C=O) groups is 3. The first-order chi connectivity index (χ1) is 15.5. The molecule has 0 unspecified atom stereocenters. The second kappa shape index (κ2) is 9.55. The number of anilines is 1. The molecule has 3 amide bonds. The van der Waals surface area contributed by atoms with Crippen LogP contribution in [0.25, 0.3) is 0 Å². The van der Waals surface area contributed by atoms with Gasteiger partial charge < -0.3 is 4.90 Å². The van der Waals surface area contributed by atoms with Crippen LogP contribution in [0.1, 0.15) is 43.9 Å². The van der Waals surface area contributed by atoms with Gasteiger partial charge in [-0.25, -0.2) is 0 Å². The number of unbranched alkanes of at least 4 members (excludes halogenated alkanes) is 1. The van der Waals surface area contributed by atoms with Crippen LogP contribution in [-0.2, 0) is 0 Å². The van der Waals surface area contributed by atoms with Gasteiger partial charge in [-0.2, -0.15) is 0 Å². The number of hydrogen-bond acceptors (Lipinski definition) is 3. The zero-order valence-electron chi connectivity index (χ0n) is 17.1. The number of carbonyl (C=O) groups excluding carboxylic acids is 3. The van der Waals surface area contributed by atoms with Crippen molar-refractivity contribution in [2.24, 2.45) is 0 Å². The van der Waals surface area contributed by atoms with E-state index in [4.69, 9.17) is 23.2 Å². The second-order valence-corrected chi connectivity index (χ2v) is 8.33. The third kappa shape index (κ3) is 4.54. The van der Waals surface area contributed by atoms with E-state index >= 15 is 0 Å². The molecular weight excluding hydrogens is 447 g/mol. The third-order valence-corrected chi connectivity index (χ3v) is 5.83. The first-order valence-corrected chi connectivity index (χ1v) is 11.0. The van der Waals surface area contributed by atoms with E-state index in [9.17, 15) is 14.4 Å². The Morgan fingerprint density at radius 2 is 1.44 bits per heavy atom. The summed E-state index contributed by atoms with van der Waals surface area (Å²) in [6.07, 6.45) is 1.17. The molecule has 0 atom stereocenters. The van der Waals surface area contributed by atoms with Crippen LogP contribution in [0.3, 0.4) is 0 Å².